The van der Waals surface area contributed by atoms with E-state index in [-0.39, 0.29) is 5.82 Å². The van der Waals surface area contributed by atoms with Gasteiger partial charge in [0.05, 0.1) is 6.61 Å². The molecule has 0 aliphatic rings. The van der Waals surface area contributed by atoms with E-state index in [0.29, 0.717) is 37.6 Å². The third kappa shape index (κ3) is 4.96. The van der Waals surface area contributed by atoms with Crippen LogP contribution in [0.5, 0.6) is 0 Å². The van der Waals surface area contributed by atoms with Crippen molar-refractivity contribution in [3.63, 3.8) is 0 Å². The molecule has 0 saturated heterocycles. The van der Waals surface area contributed by atoms with Gasteiger partial charge in [0.15, 0.2) is 0 Å². The molecule has 2 N–H and O–H groups in total. The second-order valence-electron chi connectivity index (χ2n) is 4.91. The highest BCUT2D eigenvalue weighted by Crippen LogP contribution is 2.11. The topological polar surface area (TPSA) is 59.1 Å². The van der Waals surface area contributed by atoms with Crippen LogP contribution in [0, 0.1) is 12.7 Å². The molecule has 0 atom stereocenters. The minimum atomic E-state index is -0.184. The molecule has 0 aliphatic heterocycles. The normalized spacial score (nSPS) is 10.5. The van der Waals surface area contributed by atoms with Gasteiger partial charge in [-0.05, 0) is 25.0 Å². The van der Waals surface area contributed by atoms with Crippen LogP contribution < -0.4 is 10.6 Å². The highest BCUT2D eigenvalue weighted by molar-refractivity contribution is 5.42. The van der Waals surface area contributed by atoms with Crippen molar-refractivity contribution in [2.75, 3.05) is 37.4 Å². The minimum Gasteiger partial charge on any atom is -0.383 e. The molecule has 2 rings (SSSR count). The molecular weight excluding hydrogens is 283 g/mol. The van der Waals surface area contributed by atoms with Gasteiger partial charge in [-0.2, -0.15) is 4.98 Å². The lowest BCUT2D eigenvalue weighted by atomic mass is 10.1. The number of anilines is 2. The highest BCUT2D eigenvalue weighted by atomic mass is 19.1. The lowest BCUT2D eigenvalue weighted by molar-refractivity contribution is 0.210. The maximum absolute atomic E-state index is 13.5. The van der Waals surface area contributed by atoms with E-state index >= 15 is 0 Å². The summed E-state index contributed by atoms with van der Waals surface area (Å²) >= 11 is 0. The average molecular weight is 304 g/mol. The fourth-order valence-corrected chi connectivity index (χ4v) is 2.03. The number of aromatic nitrogens is 2. The quantitative estimate of drug-likeness (QED) is 0.734. The van der Waals surface area contributed by atoms with Gasteiger partial charge in [0.2, 0.25) is 5.95 Å². The van der Waals surface area contributed by atoms with Crippen LogP contribution in [0.25, 0.3) is 0 Å². The van der Waals surface area contributed by atoms with E-state index in [0.717, 1.165) is 11.5 Å². The van der Waals surface area contributed by atoms with Crippen molar-refractivity contribution in [2.45, 2.75) is 13.3 Å². The van der Waals surface area contributed by atoms with E-state index in [1.165, 1.54) is 6.07 Å². The van der Waals surface area contributed by atoms with Crippen LogP contribution in [-0.4, -0.2) is 36.8 Å². The Hall–Kier alpha value is -2.21. The average Bonchev–Trinajstić information content (AvgIpc) is 2.49. The lowest BCUT2D eigenvalue weighted by Gasteiger charge is -2.10. The largest absolute Gasteiger partial charge is 0.383 e. The number of halogens is 1. The van der Waals surface area contributed by atoms with Crippen molar-refractivity contribution in [2.24, 2.45) is 0 Å². The zero-order valence-electron chi connectivity index (χ0n) is 12.9. The van der Waals surface area contributed by atoms with Crippen molar-refractivity contribution in [3.8, 4) is 0 Å². The van der Waals surface area contributed by atoms with Crippen molar-refractivity contribution in [1.29, 1.82) is 0 Å². The van der Waals surface area contributed by atoms with E-state index in [1.54, 1.807) is 19.2 Å². The summed E-state index contributed by atoms with van der Waals surface area (Å²) in [6, 6.07) is 8.65. The number of nitrogens with zero attached hydrogens (tertiary/aromatic N) is 2. The summed E-state index contributed by atoms with van der Waals surface area (Å²) in [5.74, 6) is 1.10. The molecular formula is C16H21FN4O. The predicted octanol–water partition coefficient (Wildman–Crippen LogP) is 2.64. The SMILES string of the molecule is COCCNc1cc(C)nc(NCCc2ccccc2F)n1. The number of hydrogen-bond acceptors (Lipinski definition) is 5. The molecule has 1 aromatic heterocycles. The maximum Gasteiger partial charge on any atom is 0.224 e. The van der Waals surface area contributed by atoms with Gasteiger partial charge in [-0.1, -0.05) is 18.2 Å². The summed E-state index contributed by atoms with van der Waals surface area (Å²) in [6.45, 7) is 3.77. The molecule has 0 spiro atoms. The van der Waals surface area contributed by atoms with E-state index < -0.39 is 0 Å². The second-order valence-corrected chi connectivity index (χ2v) is 4.91. The zero-order chi connectivity index (χ0) is 15.8. The first-order chi connectivity index (χ1) is 10.7. The summed E-state index contributed by atoms with van der Waals surface area (Å²) in [5.41, 5.74) is 1.55. The van der Waals surface area contributed by atoms with E-state index in [4.69, 9.17) is 4.74 Å². The van der Waals surface area contributed by atoms with Crippen LogP contribution in [0.1, 0.15) is 11.3 Å². The van der Waals surface area contributed by atoms with Gasteiger partial charge in [0.25, 0.3) is 0 Å². The Morgan fingerprint density at radius 1 is 1.14 bits per heavy atom. The molecule has 0 unspecified atom stereocenters. The van der Waals surface area contributed by atoms with Crippen LogP contribution in [0.3, 0.4) is 0 Å². The predicted molar refractivity (Wildman–Crippen MR) is 85.7 cm³/mol. The first-order valence-electron chi connectivity index (χ1n) is 7.25. The number of nitrogens with one attached hydrogen (secondary N) is 2. The summed E-state index contributed by atoms with van der Waals surface area (Å²) < 4.78 is 18.5. The molecule has 5 nitrogen and oxygen atoms in total. The molecule has 1 heterocycles. The Morgan fingerprint density at radius 2 is 1.95 bits per heavy atom. The third-order valence-corrected chi connectivity index (χ3v) is 3.10. The molecule has 118 valence electrons. The van der Waals surface area contributed by atoms with Crippen LogP contribution in [-0.2, 0) is 11.2 Å². The smallest absolute Gasteiger partial charge is 0.224 e. The number of rotatable bonds is 8. The highest BCUT2D eigenvalue weighted by Gasteiger charge is 2.03. The van der Waals surface area contributed by atoms with E-state index in [1.807, 2.05) is 19.1 Å². The van der Waals surface area contributed by atoms with Crippen molar-refractivity contribution in [3.05, 3.63) is 47.4 Å². The molecule has 0 bridgehead atoms. The molecule has 6 heteroatoms. The Kier molecular flexibility index (Phi) is 6.09. The molecule has 0 radical (unpaired) electrons. The molecule has 0 aliphatic carbocycles. The molecule has 0 saturated carbocycles. The monoisotopic (exact) mass is 304 g/mol. The number of methoxy groups -OCH3 is 1. The fourth-order valence-electron chi connectivity index (χ4n) is 2.03. The molecule has 22 heavy (non-hydrogen) atoms. The maximum atomic E-state index is 13.5. The first-order valence-corrected chi connectivity index (χ1v) is 7.25. The van der Waals surface area contributed by atoms with Gasteiger partial charge in [-0.25, -0.2) is 9.37 Å². The van der Waals surface area contributed by atoms with Gasteiger partial charge in [-0.15, -0.1) is 0 Å². The molecule has 2 aromatic rings. The van der Waals surface area contributed by atoms with Crippen LogP contribution in [0.2, 0.25) is 0 Å². The summed E-state index contributed by atoms with van der Waals surface area (Å²) in [7, 11) is 1.66. The Balaban J connectivity index is 1.90. The Morgan fingerprint density at radius 3 is 2.73 bits per heavy atom. The third-order valence-electron chi connectivity index (χ3n) is 3.10. The summed E-state index contributed by atoms with van der Waals surface area (Å²) in [5, 5.41) is 6.30. The second kappa shape index (κ2) is 8.29. The molecule has 0 amide bonds. The van der Waals surface area contributed by atoms with Gasteiger partial charge in [-0.3, -0.25) is 0 Å². The number of hydrogen-bond donors (Lipinski definition) is 2. The van der Waals surface area contributed by atoms with Crippen molar-refractivity contribution >= 4 is 11.8 Å². The van der Waals surface area contributed by atoms with Gasteiger partial charge in [0.1, 0.15) is 11.6 Å². The van der Waals surface area contributed by atoms with Crippen LogP contribution in [0.15, 0.2) is 30.3 Å². The summed E-state index contributed by atoms with van der Waals surface area (Å²) in [6.07, 6.45) is 0.580. The van der Waals surface area contributed by atoms with Crippen molar-refractivity contribution < 1.29 is 9.13 Å². The standard InChI is InChI=1S/C16H21FN4O/c1-12-11-15(18-9-10-22-2)21-16(20-12)19-8-7-13-5-3-4-6-14(13)17/h3-6,11H,7-10H2,1-2H3,(H2,18,19,20,21). The van der Waals surface area contributed by atoms with E-state index in [9.17, 15) is 4.39 Å². The van der Waals surface area contributed by atoms with Crippen LogP contribution in [0.4, 0.5) is 16.2 Å². The van der Waals surface area contributed by atoms with Gasteiger partial charge in [0, 0.05) is 32.0 Å². The van der Waals surface area contributed by atoms with Gasteiger partial charge >= 0.3 is 0 Å². The van der Waals surface area contributed by atoms with Crippen molar-refractivity contribution in [1.82, 2.24) is 9.97 Å². The molecule has 0 fully saturated rings. The van der Waals surface area contributed by atoms with Gasteiger partial charge < -0.3 is 15.4 Å². The zero-order valence-corrected chi connectivity index (χ0v) is 12.9. The Labute approximate surface area is 129 Å². The number of benzene rings is 1. The minimum absolute atomic E-state index is 0.184. The number of aryl methyl sites for hydroxylation is 1. The lowest BCUT2D eigenvalue weighted by Crippen LogP contribution is -2.13. The summed E-state index contributed by atoms with van der Waals surface area (Å²) in [4.78, 5) is 8.70. The van der Waals surface area contributed by atoms with Crippen LogP contribution >= 0.6 is 0 Å². The number of ether oxygens (including phenoxy) is 1. The first kappa shape index (κ1) is 16.2. The Bertz CT molecular complexity index is 606. The fraction of sp³-hybridized carbons (Fsp3) is 0.375. The molecule has 1 aromatic carbocycles. The van der Waals surface area contributed by atoms with E-state index in [2.05, 4.69) is 20.6 Å².